The summed E-state index contributed by atoms with van der Waals surface area (Å²) in [6.45, 7) is 8.31. The molecule has 1 aliphatic heterocycles. The van der Waals surface area contributed by atoms with E-state index in [4.69, 9.17) is 0 Å². The fraction of sp³-hybridized carbons (Fsp3) is 0.765. The fourth-order valence-electron chi connectivity index (χ4n) is 2.97. The van der Waals surface area contributed by atoms with Gasteiger partial charge >= 0.3 is 0 Å². The molecule has 0 bridgehead atoms. The van der Waals surface area contributed by atoms with E-state index in [1.54, 1.807) is 11.3 Å². The molecule has 1 fully saturated rings. The van der Waals surface area contributed by atoms with Gasteiger partial charge in [-0.3, -0.25) is 9.69 Å². The smallest absolute Gasteiger partial charge is 0.237 e. The number of thiazole rings is 1. The summed E-state index contributed by atoms with van der Waals surface area (Å²) in [5, 5.41) is 16.8. The quantitative estimate of drug-likeness (QED) is 0.747. The molecule has 0 unspecified atom stereocenters. The molecule has 0 aliphatic carbocycles. The first-order valence-electron chi connectivity index (χ1n) is 8.58. The van der Waals surface area contributed by atoms with E-state index in [0.29, 0.717) is 19.3 Å². The Morgan fingerprint density at radius 1 is 1.52 bits per heavy atom. The predicted molar refractivity (Wildman–Crippen MR) is 93.7 cm³/mol. The molecular formula is C17H29N3O2S. The molecule has 6 heteroatoms. The van der Waals surface area contributed by atoms with Crippen LogP contribution < -0.4 is 5.32 Å². The topological polar surface area (TPSA) is 65.5 Å². The highest BCUT2D eigenvalue weighted by atomic mass is 32.1. The van der Waals surface area contributed by atoms with Crippen molar-refractivity contribution in [2.45, 2.75) is 64.5 Å². The third kappa shape index (κ3) is 5.26. The van der Waals surface area contributed by atoms with Gasteiger partial charge in [0.15, 0.2) is 0 Å². The third-order valence-electron chi connectivity index (χ3n) is 4.63. The van der Waals surface area contributed by atoms with E-state index in [0.717, 1.165) is 43.2 Å². The number of carbonyl (C=O) groups excluding carboxylic acids is 1. The van der Waals surface area contributed by atoms with Gasteiger partial charge in [-0.25, -0.2) is 4.98 Å². The number of rotatable bonds is 7. The Morgan fingerprint density at radius 3 is 2.78 bits per heavy atom. The maximum Gasteiger partial charge on any atom is 0.237 e. The van der Waals surface area contributed by atoms with Gasteiger partial charge in [0.1, 0.15) is 0 Å². The van der Waals surface area contributed by atoms with Crippen LogP contribution in [-0.4, -0.2) is 52.2 Å². The van der Waals surface area contributed by atoms with E-state index in [9.17, 15) is 9.90 Å². The molecule has 0 spiro atoms. The zero-order chi connectivity index (χ0) is 16.9. The highest BCUT2D eigenvalue weighted by Crippen LogP contribution is 2.28. The lowest BCUT2D eigenvalue weighted by molar-refractivity contribution is -0.127. The lowest BCUT2D eigenvalue weighted by Gasteiger charge is -2.40. The van der Waals surface area contributed by atoms with Crippen LogP contribution in [0.3, 0.4) is 0 Å². The van der Waals surface area contributed by atoms with Crippen LogP contribution >= 0.6 is 11.3 Å². The number of unbranched alkanes of at least 4 members (excludes halogenated alkanes) is 1. The Kier molecular flexibility index (Phi) is 6.56. The van der Waals surface area contributed by atoms with Crippen LogP contribution in [0.4, 0.5) is 0 Å². The zero-order valence-corrected chi connectivity index (χ0v) is 15.3. The Bertz CT molecular complexity index is 510. The maximum atomic E-state index is 12.1. The monoisotopic (exact) mass is 339 g/mol. The third-order valence-corrected chi connectivity index (χ3v) is 5.60. The van der Waals surface area contributed by atoms with Crippen LogP contribution in [0.5, 0.6) is 0 Å². The number of hydrogen-bond acceptors (Lipinski definition) is 5. The van der Waals surface area contributed by atoms with Crippen molar-refractivity contribution in [3.8, 4) is 0 Å². The molecule has 0 saturated carbocycles. The van der Waals surface area contributed by atoms with Crippen molar-refractivity contribution < 1.29 is 9.90 Å². The number of piperidine rings is 1. The van der Waals surface area contributed by atoms with E-state index in [2.05, 4.69) is 22.1 Å². The van der Waals surface area contributed by atoms with E-state index in [1.165, 1.54) is 0 Å². The molecule has 2 N–H and O–H groups in total. The number of amides is 1. The van der Waals surface area contributed by atoms with Crippen molar-refractivity contribution in [2.24, 2.45) is 0 Å². The summed E-state index contributed by atoms with van der Waals surface area (Å²) in [6.07, 6.45) is 4.11. The first-order valence-corrected chi connectivity index (χ1v) is 9.46. The number of hydrogen-bond donors (Lipinski definition) is 2. The summed E-state index contributed by atoms with van der Waals surface area (Å²) in [7, 11) is 0. The second-order valence-corrected chi connectivity index (χ2v) is 7.58. The maximum absolute atomic E-state index is 12.1. The molecule has 0 aromatic carbocycles. The van der Waals surface area contributed by atoms with E-state index >= 15 is 0 Å². The number of aromatic nitrogens is 1. The molecule has 1 amide bonds. The van der Waals surface area contributed by atoms with E-state index in [1.807, 2.05) is 19.2 Å². The molecule has 1 aliphatic rings. The van der Waals surface area contributed by atoms with Crippen LogP contribution in [0.25, 0.3) is 0 Å². The second-order valence-electron chi connectivity index (χ2n) is 6.64. The molecule has 130 valence electrons. The number of nitrogens with zero attached hydrogens (tertiary/aromatic N) is 2. The van der Waals surface area contributed by atoms with Crippen LogP contribution in [0.15, 0.2) is 5.38 Å². The first-order chi connectivity index (χ1) is 10.9. The van der Waals surface area contributed by atoms with Gasteiger partial charge in [-0.05, 0) is 33.1 Å². The van der Waals surface area contributed by atoms with Gasteiger partial charge in [0, 0.05) is 37.1 Å². The summed E-state index contributed by atoms with van der Waals surface area (Å²) in [5.41, 5.74) is 0.336. The van der Waals surface area contributed by atoms with Crippen LogP contribution in [0.2, 0.25) is 0 Å². The molecule has 5 nitrogen and oxygen atoms in total. The first kappa shape index (κ1) is 18.4. The second kappa shape index (κ2) is 8.22. The van der Waals surface area contributed by atoms with Crippen molar-refractivity contribution in [1.82, 2.24) is 15.2 Å². The minimum Gasteiger partial charge on any atom is -0.389 e. The largest absolute Gasteiger partial charge is 0.389 e. The Balaban J connectivity index is 1.81. The van der Waals surface area contributed by atoms with E-state index < -0.39 is 5.60 Å². The van der Waals surface area contributed by atoms with Crippen molar-refractivity contribution in [1.29, 1.82) is 0 Å². The number of carbonyl (C=O) groups is 1. The standard InChI is InChI=1S/C17H29N3O2S/c1-4-5-8-18-16(21)14(3)20-9-6-17(22,7-10-20)11-15-19-13(2)12-23-15/h12,14,22H,4-11H2,1-3H3,(H,18,21)/t14-/m1/s1. The van der Waals surface area contributed by atoms with Crippen molar-refractivity contribution in [2.75, 3.05) is 19.6 Å². The highest BCUT2D eigenvalue weighted by Gasteiger charge is 2.35. The van der Waals surface area contributed by atoms with Crippen molar-refractivity contribution >= 4 is 17.2 Å². The molecule has 23 heavy (non-hydrogen) atoms. The minimum atomic E-state index is -0.681. The normalized spacial score (nSPS) is 19.5. The lowest BCUT2D eigenvalue weighted by atomic mass is 9.88. The molecule has 1 aromatic rings. The Morgan fingerprint density at radius 2 is 2.22 bits per heavy atom. The number of aryl methyl sites for hydroxylation is 1. The average Bonchev–Trinajstić information content (AvgIpc) is 2.92. The average molecular weight is 340 g/mol. The Labute approximate surface area is 143 Å². The summed E-state index contributed by atoms with van der Waals surface area (Å²) in [5.74, 6) is 0.0967. The molecule has 2 rings (SSSR count). The van der Waals surface area contributed by atoms with Gasteiger partial charge in [-0.1, -0.05) is 13.3 Å². The predicted octanol–water partition coefficient (Wildman–Crippen LogP) is 2.13. The van der Waals surface area contributed by atoms with Crippen LogP contribution in [-0.2, 0) is 11.2 Å². The molecule has 2 heterocycles. The summed E-state index contributed by atoms with van der Waals surface area (Å²) >= 11 is 1.62. The number of aliphatic hydroxyl groups is 1. The molecule has 1 atom stereocenters. The highest BCUT2D eigenvalue weighted by molar-refractivity contribution is 7.09. The fourth-order valence-corrected chi connectivity index (χ4v) is 3.88. The van der Waals surface area contributed by atoms with Gasteiger partial charge < -0.3 is 10.4 Å². The SMILES string of the molecule is CCCCNC(=O)[C@@H](C)N1CCC(O)(Cc2nc(C)cs2)CC1. The van der Waals surface area contributed by atoms with Crippen molar-refractivity contribution in [3.63, 3.8) is 0 Å². The number of nitrogens with one attached hydrogen (secondary N) is 1. The zero-order valence-electron chi connectivity index (χ0n) is 14.5. The Hall–Kier alpha value is -0.980. The van der Waals surface area contributed by atoms with Gasteiger partial charge in [0.25, 0.3) is 0 Å². The number of likely N-dealkylation sites (tertiary alicyclic amines) is 1. The molecule has 0 radical (unpaired) electrons. The van der Waals surface area contributed by atoms with Gasteiger partial charge in [-0.2, -0.15) is 0 Å². The van der Waals surface area contributed by atoms with Gasteiger partial charge in [0.2, 0.25) is 5.91 Å². The molecule has 1 aromatic heterocycles. The van der Waals surface area contributed by atoms with Crippen LogP contribution in [0, 0.1) is 6.92 Å². The minimum absolute atomic E-state index is 0.0967. The van der Waals surface area contributed by atoms with Crippen molar-refractivity contribution in [3.05, 3.63) is 16.1 Å². The van der Waals surface area contributed by atoms with E-state index in [-0.39, 0.29) is 11.9 Å². The van der Waals surface area contributed by atoms with Crippen LogP contribution in [0.1, 0.15) is 50.2 Å². The summed E-state index contributed by atoms with van der Waals surface area (Å²) < 4.78 is 0. The lowest BCUT2D eigenvalue weighted by Crippen LogP contribution is -2.52. The summed E-state index contributed by atoms with van der Waals surface area (Å²) in [6, 6.07) is -0.126. The summed E-state index contributed by atoms with van der Waals surface area (Å²) in [4.78, 5) is 18.8. The molecular weight excluding hydrogens is 310 g/mol. The molecule has 1 saturated heterocycles. The van der Waals surface area contributed by atoms with Gasteiger partial charge in [-0.15, -0.1) is 11.3 Å². The van der Waals surface area contributed by atoms with Gasteiger partial charge in [0.05, 0.1) is 16.7 Å².